The predicted octanol–water partition coefficient (Wildman–Crippen LogP) is 1.73. The first kappa shape index (κ1) is 11.6. The quantitative estimate of drug-likeness (QED) is 0.838. The van der Waals surface area contributed by atoms with Crippen LogP contribution in [0.15, 0.2) is 18.2 Å². The summed E-state index contributed by atoms with van der Waals surface area (Å²) in [6, 6.07) is 4.78. The Labute approximate surface area is 91.8 Å². The minimum atomic E-state index is -0.901. The molecule has 1 atom stereocenters. The fraction of sp³-hybridized carbons (Fsp3) is 0.333. The summed E-state index contributed by atoms with van der Waals surface area (Å²) in [5, 5.41) is 18.5. The molecule has 5 heteroatoms. The van der Waals surface area contributed by atoms with E-state index in [4.69, 9.17) is 38.2 Å². The number of aliphatic hydroxyl groups is 2. The molecule has 0 spiro atoms. The van der Waals surface area contributed by atoms with Crippen molar-refractivity contribution in [3.8, 4) is 5.75 Å². The minimum absolute atomic E-state index is 0.00213. The summed E-state index contributed by atoms with van der Waals surface area (Å²) in [5.74, 6) is 0.434. The molecule has 78 valence electrons. The van der Waals surface area contributed by atoms with Crippen LogP contribution >= 0.6 is 23.2 Å². The molecule has 2 N–H and O–H groups in total. The zero-order valence-electron chi connectivity index (χ0n) is 7.28. The number of hydrogen-bond acceptors (Lipinski definition) is 3. The molecule has 0 unspecified atom stereocenters. The van der Waals surface area contributed by atoms with E-state index in [0.717, 1.165) is 0 Å². The monoisotopic (exact) mass is 236 g/mol. The Morgan fingerprint density at radius 1 is 1.36 bits per heavy atom. The number of rotatable bonds is 4. The van der Waals surface area contributed by atoms with E-state index in [1.165, 1.54) is 0 Å². The molecule has 1 aromatic carbocycles. The fourth-order valence-electron chi connectivity index (χ4n) is 0.831. The van der Waals surface area contributed by atoms with Gasteiger partial charge in [-0.1, -0.05) is 23.2 Å². The smallest absolute Gasteiger partial charge is 0.138 e. The van der Waals surface area contributed by atoms with Crippen molar-refractivity contribution >= 4 is 23.2 Å². The molecule has 1 aromatic rings. The Morgan fingerprint density at radius 2 is 2.07 bits per heavy atom. The summed E-state index contributed by atoms with van der Waals surface area (Å²) in [4.78, 5) is 0. The summed E-state index contributed by atoms with van der Waals surface area (Å²) < 4.78 is 5.14. The van der Waals surface area contributed by atoms with Crippen LogP contribution in [0.1, 0.15) is 0 Å². The molecule has 0 aromatic heterocycles. The third-order valence-electron chi connectivity index (χ3n) is 1.54. The standard InChI is InChI=1S/C9H10Cl2O3/c10-6-1-2-9(8(11)3-6)14-5-7(13)4-12/h1-3,7,12-13H,4-5H2/t7-/m1/s1. The van der Waals surface area contributed by atoms with Crippen LogP contribution in [0.5, 0.6) is 5.75 Å². The maximum atomic E-state index is 9.02. The third-order valence-corrected chi connectivity index (χ3v) is 2.07. The molecule has 0 heterocycles. The SMILES string of the molecule is OC[C@@H](O)COc1ccc(Cl)cc1Cl. The van der Waals surface area contributed by atoms with E-state index >= 15 is 0 Å². The van der Waals surface area contributed by atoms with E-state index < -0.39 is 6.10 Å². The lowest BCUT2D eigenvalue weighted by atomic mass is 10.3. The lowest BCUT2D eigenvalue weighted by Gasteiger charge is -2.10. The molecule has 0 bridgehead atoms. The van der Waals surface area contributed by atoms with E-state index in [1.807, 2.05) is 0 Å². The van der Waals surface area contributed by atoms with Crippen LogP contribution < -0.4 is 4.74 Å². The maximum Gasteiger partial charge on any atom is 0.138 e. The van der Waals surface area contributed by atoms with Crippen molar-refractivity contribution in [1.29, 1.82) is 0 Å². The first-order chi connectivity index (χ1) is 6.63. The highest BCUT2D eigenvalue weighted by Gasteiger charge is 2.06. The van der Waals surface area contributed by atoms with Gasteiger partial charge in [0.1, 0.15) is 18.5 Å². The van der Waals surface area contributed by atoms with Crippen molar-refractivity contribution in [2.45, 2.75) is 6.10 Å². The maximum absolute atomic E-state index is 9.02. The van der Waals surface area contributed by atoms with Gasteiger partial charge in [-0.3, -0.25) is 0 Å². The Hall–Kier alpha value is -0.480. The van der Waals surface area contributed by atoms with E-state index in [-0.39, 0.29) is 13.2 Å². The summed E-state index contributed by atoms with van der Waals surface area (Å²) in [7, 11) is 0. The van der Waals surface area contributed by atoms with Gasteiger partial charge >= 0.3 is 0 Å². The number of hydrogen-bond donors (Lipinski definition) is 2. The lowest BCUT2D eigenvalue weighted by Crippen LogP contribution is -2.21. The number of halogens is 2. The third kappa shape index (κ3) is 3.35. The van der Waals surface area contributed by atoms with Crippen molar-refractivity contribution in [3.63, 3.8) is 0 Å². The van der Waals surface area contributed by atoms with Crippen molar-refractivity contribution in [3.05, 3.63) is 28.2 Å². The zero-order valence-corrected chi connectivity index (χ0v) is 8.79. The molecule has 0 aliphatic rings. The first-order valence-electron chi connectivity index (χ1n) is 4.00. The molecule has 0 aliphatic carbocycles. The van der Waals surface area contributed by atoms with E-state index in [2.05, 4.69) is 0 Å². The number of ether oxygens (including phenoxy) is 1. The highest BCUT2D eigenvalue weighted by Crippen LogP contribution is 2.27. The van der Waals surface area contributed by atoms with E-state index in [9.17, 15) is 0 Å². The molecule has 1 rings (SSSR count). The van der Waals surface area contributed by atoms with Gasteiger partial charge < -0.3 is 14.9 Å². The van der Waals surface area contributed by atoms with Crippen molar-refractivity contribution in [2.24, 2.45) is 0 Å². The molecule has 3 nitrogen and oxygen atoms in total. The summed E-state index contributed by atoms with van der Waals surface area (Å²) in [5.41, 5.74) is 0. The molecule has 0 amide bonds. The Morgan fingerprint density at radius 3 is 2.64 bits per heavy atom. The van der Waals surface area contributed by atoms with Crippen LogP contribution in [-0.4, -0.2) is 29.5 Å². The van der Waals surface area contributed by atoms with Crippen molar-refractivity contribution in [2.75, 3.05) is 13.2 Å². The average molecular weight is 237 g/mol. The molecule has 0 fully saturated rings. The normalized spacial score (nSPS) is 12.6. The van der Waals surface area contributed by atoms with E-state index in [0.29, 0.717) is 15.8 Å². The second kappa shape index (κ2) is 5.41. The summed E-state index contributed by atoms with van der Waals surface area (Å²) in [6.07, 6.45) is -0.901. The van der Waals surface area contributed by atoms with Crippen molar-refractivity contribution < 1.29 is 14.9 Å². The number of aliphatic hydroxyl groups excluding tert-OH is 2. The highest BCUT2D eigenvalue weighted by molar-refractivity contribution is 6.35. The van der Waals surface area contributed by atoms with Gasteiger partial charge in [-0.05, 0) is 18.2 Å². The second-order valence-electron chi connectivity index (χ2n) is 2.72. The van der Waals surface area contributed by atoms with Crippen LogP contribution in [0.4, 0.5) is 0 Å². The Kier molecular flexibility index (Phi) is 4.48. The van der Waals surface area contributed by atoms with Crippen molar-refractivity contribution in [1.82, 2.24) is 0 Å². The van der Waals surface area contributed by atoms with Gasteiger partial charge in [0.2, 0.25) is 0 Å². The van der Waals surface area contributed by atoms with Gasteiger partial charge in [-0.2, -0.15) is 0 Å². The molecule has 14 heavy (non-hydrogen) atoms. The Balaban J connectivity index is 2.59. The molecular weight excluding hydrogens is 227 g/mol. The molecule has 0 saturated heterocycles. The molecule has 0 saturated carbocycles. The number of benzene rings is 1. The predicted molar refractivity (Wildman–Crippen MR) is 55.0 cm³/mol. The summed E-state index contributed by atoms with van der Waals surface area (Å²) in [6.45, 7) is -0.344. The van der Waals surface area contributed by atoms with Crippen LogP contribution in [0.25, 0.3) is 0 Å². The average Bonchev–Trinajstić information content (AvgIpc) is 2.16. The minimum Gasteiger partial charge on any atom is -0.489 e. The Bertz CT molecular complexity index is 304. The van der Waals surface area contributed by atoms with Crippen LogP contribution in [0, 0.1) is 0 Å². The molecule has 0 radical (unpaired) electrons. The molecular formula is C9H10Cl2O3. The van der Waals surface area contributed by atoms with Gasteiger partial charge in [0.15, 0.2) is 0 Å². The highest BCUT2D eigenvalue weighted by atomic mass is 35.5. The lowest BCUT2D eigenvalue weighted by molar-refractivity contribution is 0.0536. The van der Waals surface area contributed by atoms with Gasteiger partial charge in [-0.15, -0.1) is 0 Å². The van der Waals surface area contributed by atoms with Gasteiger partial charge in [-0.25, -0.2) is 0 Å². The van der Waals surface area contributed by atoms with Gasteiger partial charge in [0.05, 0.1) is 11.6 Å². The van der Waals surface area contributed by atoms with Crippen LogP contribution in [-0.2, 0) is 0 Å². The largest absolute Gasteiger partial charge is 0.489 e. The topological polar surface area (TPSA) is 49.7 Å². The van der Waals surface area contributed by atoms with Crippen LogP contribution in [0.2, 0.25) is 10.0 Å². The van der Waals surface area contributed by atoms with Gasteiger partial charge in [0, 0.05) is 5.02 Å². The van der Waals surface area contributed by atoms with E-state index in [1.54, 1.807) is 18.2 Å². The molecule has 0 aliphatic heterocycles. The zero-order chi connectivity index (χ0) is 10.6. The van der Waals surface area contributed by atoms with Crippen LogP contribution in [0.3, 0.4) is 0 Å². The second-order valence-corrected chi connectivity index (χ2v) is 3.57. The fourth-order valence-corrected chi connectivity index (χ4v) is 1.29. The summed E-state index contributed by atoms with van der Waals surface area (Å²) >= 11 is 11.5. The van der Waals surface area contributed by atoms with Gasteiger partial charge in [0.25, 0.3) is 0 Å². The first-order valence-corrected chi connectivity index (χ1v) is 4.76.